The van der Waals surface area contributed by atoms with E-state index in [2.05, 4.69) is 10.3 Å². The number of rotatable bonds is 13. The van der Waals surface area contributed by atoms with Gasteiger partial charge in [-0.1, -0.05) is 48.5 Å². The first kappa shape index (κ1) is 27.2. The molecule has 1 heterocycles. The van der Waals surface area contributed by atoms with Crippen molar-refractivity contribution in [1.82, 2.24) is 10.3 Å². The molecule has 0 radical (unpaired) electrons. The first-order valence-electron chi connectivity index (χ1n) is 11.9. The Balaban J connectivity index is 1.55. The lowest BCUT2D eigenvalue weighted by Gasteiger charge is -2.18. The van der Waals surface area contributed by atoms with E-state index >= 15 is 0 Å². The fourth-order valence-corrected chi connectivity index (χ4v) is 3.73. The molecule has 8 nitrogen and oxygen atoms in total. The van der Waals surface area contributed by atoms with E-state index in [0.29, 0.717) is 6.42 Å². The summed E-state index contributed by atoms with van der Waals surface area (Å²) in [5, 5.41) is 3.57. The lowest BCUT2D eigenvalue weighted by atomic mass is 10.0. The molecule has 0 saturated heterocycles. The van der Waals surface area contributed by atoms with Gasteiger partial charge in [0.15, 0.2) is 0 Å². The molecule has 1 unspecified atom stereocenters. The maximum Gasteiger partial charge on any atom is 0.328 e. The smallest absolute Gasteiger partial charge is 0.328 e. The van der Waals surface area contributed by atoms with E-state index in [0.717, 1.165) is 22.0 Å². The molecule has 0 fully saturated rings. The standard InChI is InChI=1S/C27H32ClN3O5/c1-18(28)13-14-35-27(34)24(15-20-16-30-23-10-6-5-9-21(20)23)31-25(32)12-11-22(29)26(33)36-17-19-7-3-2-4-8-19/h2-10,16,18,22,24,30H,11-15,17,29H2,1H3,(H,31,32)/t18?,22-,24-/m1/s1. The van der Waals surface area contributed by atoms with Gasteiger partial charge in [-0.3, -0.25) is 9.59 Å². The zero-order valence-corrected chi connectivity index (χ0v) is 21.0. The van der Waals surface area contributed by atoms with Gasteiger partial charge in [0.05, 0.1) is 6.61 Å². The van der Waals surface area contributed by atoms with E-state index in [1.807, 2.05) is 67.7 Å². The third-order valence-corrected chi connectivity index (χ3v) is 5.91. The van der Waals surface area contributed by atoms with Crippen molar-refractivity contribution in [1.29, 1.82) is 0 Å². The Labute approximate surface area is 215 Å². The molecular weight excluding hydrogens is 482 g/mol. The molecule has 9 heteroatoms. The number of benzene rings is 2. The van der Waals surface area contributed by atoms with Gasteiger partial charge in [-0.15, -0.1) is 11.6 Å². The minimum Gasteiger partial charge on any atom is -0.464 e. The van der Waals surface area contributed by atoms with Crippen LogP contribution >= 0.6 is 11.6 Å². The summed E-state index contributed by atoms with van der Waals surface area (Å²) in [5.41, 5.74) is 8.58. The first-order valence-corrected chi connectivity index (χ1v) is 12.4. The Morgan fingerprint density at radius 3 is 2.47 bits per heavy atom. The van der Waals surface area contributed by atoms with Crippen LogP contribution in [0.4, 0.5) is 0 Å². The van der Waals surface area contributed by atoms with Gasteiger partial charge >= 0.3 is 11.9 Å². The number of H-pyrrole nitrogens is 1. The zero-order chi connectivity index (χ0) is 25.9. The number of ether oxygens (including phenoxy) is 2. The van der Waals surface area contributed by atoms with Crippen molar-refractivity contribution in [3.63, 3.8) is 0 Å². The summed E-state index contributed by atoms with van der Waals surface area (Å²) in [7, 11) is 0. The lowest BCUT2D eigenvalue weighted by molar-refractivity contribution is -0.149. The van der Waals surface area contributed by atoms with Gasteiger partial charge in [0.25, 0.3) is 0 Å². The number of aromatic amines is 1. The number of carbonyl (C=O) groups excluding carboxylic acids is 3. The van der Waals surface area contributed by atoms with Gasteiger partial charge in [0.1, 0.15) is 18.7 Å². The Kier molecular flexibility index (Phi) is 10.3. The van der Waals surface area contributed by atoms with Crippen LogP contribution in [0.3, 0.4) is 0 Å². The number of aromatic nitrogens is 1. The number of amides is 1. The average Bonchev–Trinajstić information content (AvgIpc) is 3.28. The number of fused-ring (bicyclic) bond motifs is 1. The maximum atomic E-state index is 12.8. The van der Waals surface area contributed by atoms with E-state index < -0.39 is 29.9 Å². The van der Waals surface area contributed by atoms with Crippen LogP contribution in [-0.2, 0) is 36.9 Å². The van der Waals surface area contributed by atoms with E-state index in [9.17, 15) is 14.4 Å². The van der Waals surface area contributed by atoms with Crippen molar-refractivity contribution in [2.45, 2.75) is 56.7 Å². The predicted octanol–water partition coefficient (Wildman–Crippen LogP) is 3.61. The summed E-state index contributed by atoms with van der Waals surface area (Å²) in [6.07, 6.45) is 2.60. The van der Waals surface area contributed by atoms with E-state index in [4.69, 9.17) is 26.8 Å². The first-order chi connectivity index (χ1) is 17.3. The number of alkyl halides is 1. The van der Waals surface area contributed by atoms with Crippen molar-refractivity contribution in [2.24, 2.45) is 5.73 Å². The second kappa shape index (κ2) is 13.7. The highest BCUT2D eigenvalue weighted by Gasteiger charge is 2.25. The Morgan fingerprint density at radius 1 is 1.00 bits per heavy atom. The Bertz CT molecular complexity index is 1150. The minimum absolute atomic E-state index is 0.0437. The number of hydrogen-bond donors (Lipinski definition) is 3. The summed E-state index contributed by atoms with van der Waals surface area (Å²) in [4.78, 5) is 40.9. The van der Waals surface area contributed by atoms with Crippen molar-refractivity contribution >= 4 is 40.3 Å². The number of nitrogens with two attached hydrogens (primary N) is 1. The van der Waals surface area contributed by atoms with E-state index in [1.165, 1.54) is 0 Å². The van der Waals surface area contributed by atoms with Crippen molar-refractivity contribution < 1.29 is 23.9 Å². The molecular formula is C27H32ClN3O5. The number of hydrogen-bond acceptors (Lipinski definition) is 6. The van der Waals surface area contributed by atoms with Crippen molar-refractivity contribution in [3.8, 4) is 0 Å². The van der Waals surface area contributed by atoms with Gasteiger partial charge in [-0.05, 0) is 37.0 Å². The van der Waals surface area contributed by atoms with Gasteiger partial charge in [-0.2, -0.15) is 0 Å². The molecule has 192 valence electrons. The average molecular weight is 514 g/mol. The summed E-state index contributed by atoms with van der Waals surface area (Å²) in [6, 6.07) is 15.1. The summed E-state index contributed by atoms with van der Waals surface area (Å²) in [5.74, 6) is -1.54. The second-order valence-electron chi connectivity index (χ2n) is 8.66. The molecule has 0 bridgehead atoms. The zero-order valence-electron chi connectivity index (χ0n) is 20.2. The summed E-state index contributed by atoms with van der Waals surface area (Å²) >= 11 is 5.94. The van der Waals surface area contributed by atoms with Gasteiger partial charge in [0.2, 0.25) is 5.91 Å². The van der Waals surface area contributed by atoms with Crippen LogP contribution < -0.4 is 11.1 Å². The molecule has 1 aromatic heterocycles. The number of nitrogens with one attached hydrogen (secondary N) is 2. The molecule has 0 aliphatic rings. The molecule has 36 heavy (non-hydrogen) atoms. The molecule has 3 rings (SSSR count). The molecule has 3 aromatic rings. The van der Waals surface area contributed by atoms with E-state index in [-0.39, 0.29) is 37.9 Å². The molecule has 1 amide bonds. The second-order valence-corrected chi connectivity index (χ2v) is 9.40. The van der Waals surface area contributed by atoms with Crippen LogP contribution in [0.2, 0.25) is 0 Å². The van der Waals surface area contributed by atoms with Crippen molar-refractivity contribution in [2.75, 3.05) is 6.61 Å². The SMILES string of the molecule is CC(Cl)CCOC(=O)[C@@H](Cc1c[nH]c2ccccc12)NC(=O)CC[C@@H](N)C(=O)OCc1ccccc1. The van der Waals surface area contributed by atoms with Crippen LogP contribution in [0.25, 0.3) is 10.9 Å². The molecule has 0 aliphatic heterocycles. The minimum atomic E-state index is -0.955. The van der Waals surface area contributed by atoms with Crippen LogP contribution in [-0.4, -0.2) is 46.9 Å². The molecule has 0 aliphatic carbocycles. The number of halogens is 1. The normalized spacial score (nSPS) is 13.5. The highest BCUT2D eigenvalue weighted by Crippen LogP contribution is 2.19. The summed E-state index contributed by atoms with van der Waals surface area (Å²) < 4.78 is 10.6. The lowest BCUT2D eigenvalue weighted by Crippen LogP contribution is -2.44. The third-order valence-electron chi connectivity index (χ3n) is 5.69. The maximum absolute atomic E-state index is 12.8. The summed E-state index contributed by atoms with van der Waals surface area (Å²) in [6.45, 7) is 2.08. The fraction of sp³-hybridized carbons (Fsp3) is 0.370. The number of esters is 2. The van der Waals surface area contributed by atoms with E-state index in [1.54, 1.807) is 0 Å². The topological polar surface area (TPSA) is 124 Å². The van der Waals surface area contributed by atoms with Crippen LogP contribution in [0.1, 0.15) is 37.3 Å². The fourth-order valence-electron chi connectivity index (χ4n) is 3.64. The molecule has 0 saturated carbocycles. The van der Waals surface area contributed by atoms with Crippen LogP contribution in [0, 0.1) is 0 Å². The van der Waals surface area contributed by atoms with Crippen LogP contribution in [0.5, 0.6) is 0 Å². The van der Waals surface area contributed by atoms with Crippen LogP contribution in [0.15, 0.2) is 60.8 Å². The molecule has 2 aromatic carbocycles. The van der Waals surface area contributed by atoms with Crippen molar-refractivity contribution in [3.05, 3.63) is 71.9 Å². The highest BCUT2D eigenvalue weighted by atomic mass is 35.5. The van der Waals surface area contributed by atoms with Gasteiger partial charge < -0.3 is 25.5 Å². The Hall–Kier alpha value is -3.36. The molecule has 0 spiro atoms. The predicted molar refractivity (Wildman–Crippen MR) is 138 cm³/mol. The highest BCUT2D eigenvalue weighted by molar-refractivity contribution is 6.20. The van der Waals surface area contributed by atoms with Gasteiger partial charge in [0, 0.05) is 35.3 Å². The molecule has 3 atom stereocenters. The molecule has 4 N–H and O–H groups in total. The quantitative estimate of drug-likeness (QED) is 0.237. The third kappa shape index (κ3) is 8.39. The number of carbonyl (C=O) groups is 3. The number of para-hydroxylation sites is 1. The van der Waals surface area contributed by atoms with Gasteiger partial charge in [-0.25, -0.2) is 4.79 Å². The monoisotopic (exact) mass is 513 g/mol. The largest absolute Gasteiger partial charge is 0.464 e. The Morgan fingerprint density at radius 2 is 1.72 bits per heavy atom.